The minimum absolute atomic E-state index is 0.0209. The van der Waals surface area contributed by atoms with E-state index in [1.807, 2.05) is 0 Å². The van der Waals surface area contributed by atoms with Gasteiger partial charge < -0.3 is 20.1 Å². The summed E-state index contributed by atoms with van der Waals surface area (Å²) in [5.74, 6) is 1.24. The SMILES string of the molecule is C=C1C23C[C@H](O)[C@]4(C)[C@@H]([C@H](C)CCC(=O)OC)CC[C@H]4C2[C@H](O)C[C@@H]2C[C@H](O)CC[C@@]123. The summed E-state index contributed by atoms with van der Waals surface area (Å²) in [4.78, 5) is 11.7. The van der Waals surface area contributed by atoms with Gasteiger partial charge in [-0.05, 0) is 86.4 Å². The van der Waals surface area contributed by atoms with Gasteiger partial charge in [0, 0.05) is 17.3 Å². The second-order valence-corrected chi connectivity index (χ2v) is 11.8. The zero-order valence-electron chi connectivity index (χ0n) is 19.3. The van der Waals surface area contributed by atoms with Gasteiger partial charge in [-0.3, -0.25) is 4.79 Å². The lowest BCUT2D eigenvalue weighted by atomic mass is 9.47. The van der Waals surface area contributed by atoms with Crippen LogP contribution < -0.4 is 0 Å². The standard InChI is InChI=1S/C26H40O5/c1-14(5-8-22(30)31-4)18-6-7-19-23-20(28)12-16-11-17(27)9-10-25(16)15(2)26(23,25)13-21(29)24(18,19)3/h14,16-21,23,27-29H,2,5-13H2,1,3-4H3/t14-,16+,17-,18-,19+,20-,21+,23?,24-,25-,26?/m1/s1. The molecular weight excluding hydrogens is 392 g/mol. The summed E-state index contributed by atoms with van der Waals surface area (Å²) in [6.07, 6.45) is 6.18. The van der Waals surface area contributed by atoms with Crippen LogP contribution in [0.1, 0.15) is 71.6 Å². The maximum atomic E-state index is 11.7. The van der Waals surface area contributed by atoms with Crippen molar-refractivity contribution >= 4 is 5.97 Å². The van der Waals surface area contributed by atoms with Gasteiger partial charge in [0.05, 0.1) is 25.4 Å². The van der Waals surface area contributed by atoms with Crippen LogP contribution in [0.3, 0.4) is 0 Å². The fraction of sp³-hybridized carbons (Fsp3) is 0.885. The Hall–Kier alpha value is -0.910. The fourth-order valence-electron chi connectivity index (χ4n) is 9.87. The predicted molar refractivity (Wildman–Crippen MR) is 117 cm³/mol. The molecule has 0 amide bonds. The highest BCUT2D eigenvalue weighted by atomic mass is 16.5. The number of aliphatic hydroxyl groups excluding tert-OH is 3. The number of ether oxygens (including phenoxy) is 1. The molecule has 0 bridgehead atoms. The molecule has 2 spiro atoms. The van der Waals surface area contributed by atoms with Crippen molar-refractivity contribution < 1.29 is 24.9 Å². The number of carbonyl (C=O) groups is 1. The molecule has 5 nitrogen and oxygen atoms in total. The average molecular weight is 433 g/mol. The maximum absolute atomic E-state index is 11.7. The third kappa shape index (κ3) is 2.57. The van der Waals surface area contributed by atoms with Gasteiger partial charge in [-0.2, -0.15) is 0 Å². The van der Waals surface area contributed by atoms with Gasteiger partial charge in [-0.1, -0.05) is 26.0 Å². The lowest BCUT2D eigenvalue weighted by Gasteiger charge is -2.59. The quantitative estimate of drug-likeness (QED) is 0.468. The number of esters is 1. The summed E-state index contributed by atoms with van der Waals surface area (Å²) in [5, 5.41) is 33.4. The number of carbonyl (C=O) groups excluding carboxylic acids is 1. The van der Waals surface area contributed by atoms with Crippen LogP contribution in [-0.2, 0) is 9.53 Å². The van der Waals surface area contributed by atoms with Crippen LogP contribution in [0.5, 0.6) is 0 Å². The Balaban J connectivity index is 1.45. The number of hydrogen-bond donors (Lipinski definition) is 3. The Morgan fingerprint density at radius 3 is 2.65 bits per heavy atom. The Morgan fingerprint density at radius 2 is 1.94 bits per heavy atom. The van der Waals surface area contributed by atoms with E-state index in [1.165, 1.54) is 12.7 Å². The monoisotopic (exact) mass is 432 g/mol. The average Bonchev–Trinajstić information content (AvgIpc) is 3.02. The van der Waals surface area contributed by atoms with E-state index in [0.29, 0.717) is 30.6 Å². The molecule has 0 saturated heterocycles. The number of methoxy groups -OCH3 is 1. The molecule has 5 heteroatoms. The highest BCUT2D eigenvalue weighted by molar-refractivity contribution is 5.69. The lowest BCUT2D eigenvalue weighted by Crippen LogP contribution is -2.59. The van der Waals surface area contributed by atoms with Crippen molar-refractivity contribution in [3.63, 3.8) is 0 Å². The zero-order chi connectivity index (χ0) is 22.3. The molecular formula is C26H40O5. The summed E-state index contributed by atoms with van der Waals surface area (Å²) in [6, 6.07) is 0. The molecule has 2 unspecified atom stereocenters. The Kier molecular flexibility index (Phi) is 4.98. The van der Waals surface area contributed by atoms with Crippen molar-refractivity contribution in [2.75, 3.05) is 7.11 Å². The first-order valence-electron chi connectivity index (χ1n) is 12.5. The molecule has 0 aromatic carbocycles. The number of aliphatic hydroxyl groups is 3. The minimum Gasteiger partial charge on any atom is -0.469 e. The zero-order valence-corrected chi connectivity index (χ0v) is 19.3. The molecule has 5 rings (SSSR count). The predicted octanol–water partition coefficient (Wildman–Crippen LogP) is 3.46. The van der Waals surface area contributed by atoms with Crippen LogP contribution in [0.4, 0.5) is 0 Å². The first kappa shape index (κ1) is 21.9. The van der Waals surface area contributed by atoms with Crippen molar-refractivity contribution in [3.8, 4) is 0 Å². The van der Waals surface area contributed by atoms with E-state index < -0.39 is 6.10 Å². The minimum atomic E-state index is -0.421. The summed E-state index contributed by atoms with van der Waals surface area (Å²) < 4.78 is 4.84. The Bertz CT molecular complexity index is 780. The van der Waals surface area contributed by atoms with Crippen LogP contribution in [0.15, 0.2) is 12.2 Å². The molecule has 0 aromatic heterocycles. The molecule has 5 fully saturated rings. The van der Waals surface area contributed by atoms with Crippen molar-refractivity contribution in [2.24, 2.45) is 45.8 Å². The van der Waals surface area contributed by atoms with E-state index in [1.54, 1.807) is 0 Å². The number of hydrogen-bond acceptors (Lipinski definition) is 5. The first-order chi connectivity index (χ1) is 14.6. The van der Waals surface area contributed by atoms with Crippen molar-refractivity contribution in [2.45, 2.75) is 89.9 Å². The largest absolute Gasteiger partial charge is 0.469 e. The molecule has 11 atom stereocenters. The summed E-state index contributed by atoms with van der Waals surface area (Å²) in [7, 11) is 1.44. The lowest BCUT2D eigenvalue weighted by molar-refractivity contribution is -0.181. The second kappa shape index (κ2) is 7.04. The van der Waals surface area contributed by atoms with Crippen LogP contribution in [0, 0.1) is 45.8 Å². The molecule has 3 N–H and O–H groups in total. The topological polar surface area (TPSA) is 87.0 Å². The van der Waals surface area contributed by atoms with Gasteiger partial charge in [0.25, 0.3) is 0 Å². The van der Waals surface area contributed by atoms with Gasteiger partial charge in [0.15, 0.2) is 0 Å². The highest BCUT2D eigenvalue weighted by Gasteiger charge is 2.83. The second-order valence-electron chi connectivity index (χ2n) is 11.8. The number of fused-ring (bicyclic) bond motifs is 2. The van der Waals surface area contributed by atoms with Crippen LogP contribution in [0.25, 0.3) is 0 Å². The molecule has 174 valence electrons. The summed E-state index contributed by atoms with van der Waals surface area (Å²) in [5.41, 5.74) is 0.898. The molecule has 0 radical (unpaired) electrons. The molecule has 5 saturated carbocycles. The normalized spacial score (nSPS) is 53.6. The van der Waals surface area contributed by atoms with Gasteiger partial charge in [0.1, 0.15) is 0 Å². The van der Waals surface area contributed by atoms with Gasteiger partial charge in [-0.15, -0.1) is 0 Å². The van der Waals surface area contributed by atoms with Gasteiger partial charge >= 0.3 is 5.97 Å². The van der Waals surface area contributed by atoms with Crippen LogP contribution >= 0.6 is 0 Å². The Morgan fingerprint density at radius 1 is 1.19 bits per heavy atom. The third-order valence-corrected chi connectivity index (χ3v) is 11.2. The van der Waals surface area contributed by atoms with Crippen molar-refractivity contribution in [3.05, 3.63) is 12.2 Å². The van der Waals surface area contributed by atoms with E-state index >= 15 is 0 Å². The van der Waals surface area contributed by atoms with Gasteiger partial charge in [0.2, 0.25) is 0 Å². The molecule has 0 aromatic rings. The van der Waals surface area contributed by atoms with E-state index in [2.05, 4.69) is 20.4 Å². The fourth-order valence-corrected chi connectivity index (χ4v) is 9.87. The maximum Gasteiger partial charge on any atom is 0.305 e. The van der Waals surface area contributed by atoms with E-state index in [4.69, 9.17) is 4.74 Å². The molecule has 5 aliphatic carbocycles. The highest BCUT2D eigenvalue weighted by Crippen LogP contribution is 2.87. The molecule has 5 aliphatic rings. The van der Waals surface area contributed by atoms with E-state index in [9.17, 15) is 20.1 Å². The smallest absolute Gasteiger partial charge is 0.305 e. The first-order valence-corrected chi connectivity index (χ1v) is 12.5. The number of rotatable bonds is 4. The van der Waals surface area contributed by atoms with E-state index in [-0.39, 0.29) is 46.3 Å². The van der Waals surface area contributed by atoms with E-state index in [0.717, 1.165) is 44.9 Å². The molecule has 0 heterocycles. The van der Waals surface area contributed by atoms with Gasteiger partial charge in [-0.25, -0.2) is 0 Å². The summed E-state index contributed by atoms with van der Waals surface area (Å²) >= 11 is 0. The van der Waals surface area contributed by atoms with Crippen LogP contribution in [-0.4, -0.2) is 46.7 Å². The van der Waals surface area contributed by atoms with Crippen molar-refractivity contribution in [1.82, 2.24) is 0 Å². The van der Waals surface area contributed by atoms with Crippen molar-refractivity contribution in [1.29, 1.82) is 0 Å². The van der Waals surface area contributed by atoms with Crippen LogP contribution in [0.2, 0.25) is 0 Å². The number of allylic oxidation sites excluding steroid dienone is 1. The molecule has 0 aliphatic heterocycles. The third-order valence-electron chi connectivity index (χ3n) is 11.2. The molecule has 31 heavy (non-hydrogen) atoms. The summed E-state index contributed by atoms with van der Waals surface area (Å²) in [6.45, 7) is 9.02. The Labute approximate surface area is 186 Å².